The summed E-state index contributed by atoms with van der Waals surface area (Å²) in [7, 11) is 0. The number of allylic oxidation sites excluding steroid dienone is 1. The number of aromatic nitrogens is 3. The Morgan fingerprint density at radius 1 is 1.06 bits per heavy atom. The van der Waals surface area contributed by atoms with Crippen molar-refractivity contribution >= 4 is 12.2 Å². The molecule has 16 heavy (non-hydrogen) atoms. The van der Waals surface area contributed by atoms with Crippen LogP contribution in [0.1, 0.15) is 50.8 Å². The first kappa shape index (κ1) is 13.2. The Kier molecular flexibility index (Phi) is 6.81. The Bertz CT molecular complexity index is 340. The lowest BCUT2D eigenvalue weighted by Crippen LogP contribution is -1.89. The van der Waals surface area contributed by atoms with E-state index in [4.69, 9.17) is 12.2 Å². The number of nitrogens with one attached hydrogen (secondary N) is 2. The quantitative estimate of drug-likeness (QED) is 0.389. The van der Waals surface area contributed by atoms with E-state index in [0.717, 1.165) is 18.7 Å². The van der Waals surface area contributed by atoms with Crippen molar-refractivity contribution in [3.05, 3.63) is 23.3 Å². The summed E-state index contributed by atoms with van der Waals surface area (Å²) in [6.45, 7) is 3.72. The fraction of sp³-hybridized carbons (Fsp3) is 0.667. The summed E-state index contributed by atoms with van der Waals surface area (Å²) in [6, 6.07) is 0. The minimum Gasteiger partial charge on any atom is -0.286 e. The van der Waals surface area contributed by atoms with E-state index in [1.165, 1.54) is 38.5 Å². The highest BCUT2D eigenvalue weighted by molar-refractivity contribution is 7.71. The SMILES string of the molecule is C=CCCCCCCCCc1nc(=S)[nH][nH]1. The van der Waals surface area contributed by atoms with Crippen LogP contribution in [-0.4, -0.2) is 15.2 Å². The Balaban J connectivity index is 1.92. The molecule has 0 bridgehead atoms. The minimum absolute atomic E-state index is 0.555. The van der Waals surface area contributed by atoms with Crippen LogP contribution in [0.25, 0.3) is 0 Å². The Morgan fingerprint density at radius 3 is 2.38 bits per heavy atom. The standard InChI is InChI=1S/C12H21N3S/c1-2-3-4-5-6-7-8-9-10-11-13-12(16)15-14-11/h2H,1,3-10H2,(H2,13,14,15,16). The second kappa shape index (κ2) is 8.28. The zero-order chi connectivity index (χ0) is 11.6. The maximum atomic E-state index is 4.89. The summed E-state index contributed by atoms with van der Waals surface area (Å²) in [5.41, 5.74) is 0. The summed E-state index contributed by atoms with van der Waals surface area (Å²) in [6.07, 6.45) is 11.9. The van der Waals surface area contributed by atoms with E-state index < -0.39 is 0 Å². The van der Waals surface area contributed by atoms with Gasteiger partial charge in [0.05, 0.1) is 0 Å². The molecule has 1 aromatic heterocycles. The van der Waals surface area contributed by atoms with Crippen LogP contribution in [0.15, 0.2) is 12.7 Å². The summed E-state index contributed by atoms with van der Waals surface area (Å²) >= 11 is 4.89. The van der Waals surface area contributed by atoms with E-state index in [9.17, 15) is 0 Å². The van der Waals surface area contributed by atoms with Gasteiger partial charge in [0.25, 0.3) is 0 Å². The number of aromatic amines is 2. The third kappa shape index (κ3) is 5.85. The molecular weight excluding hydrogens is 218 g/mol. The van der Waals surface area contributed by atoms with Gasteiger partial charge in [-0.15, -0.1) is 6.58 Å². The molecular formula is C12H21N3S. The molecule has 0 saturated heterocycles. The second-order valence-electron chi connectivity index (χ2n) is 4.06. The van der Waals surface area contributed by atoms with Crippen LogP contribution in [0.3, 0.4) is 0 Å². The molecule has 90 valence electrons. The van der Waals surface area contributed by atoms with Crippen LogP contribution in [0, 0.1) is 4.77 Å². The molecule has 1 heterocycles. The molecule has 0 aliphatic rings. The van der Waals surface area contributed by atoms with Gasteiger partial charge in [-0.3, -0.25) is 10.2 Å². The second-order valence-corrected chi connectivity index (χ2v) is 4.45. The van der Waals surface area contributed by atoms with E-state index >= 15 is 0 Å². The van der Waals surface area contributed by atoms with Crippen LogP contribution < -0.4 is 0 Å². The van der Waals surface area contributed by atoms with Crippen molar-refractivity contribution in [3.8, 4) is 0 Å². The smallest absolute Gasteiger partial charge is 0.213 e. The highest BCUT2D eigenvalue weighted by atomic mass is 32.1. The molecule has 4 heteroatoms. The van der Waals surface area contributed by atoms with Gasteiger partial charge in [0.2, 0.25) is 4.77 Å². The zero-order valence-corrected chi connectivity index (χ0v) is 10.6. The van der Waals surface area contributed by atoms with Crippen LogP contribution in [0.5, 0.6) is 0 Å². The van der Waals surface area contributed by atoms with E-state index in [2.05, 4.69) is 21.8 Å². The molecule has 0 saturated carbocycles. The lowest BCUT2D eigenvalue weighted by atomic mass is 10.1. The van der Waals surface area contributed by atoms with E-state index in [0.29, 0.717) is 4.77 Å². The average molecular weight is 239 g/mol. The molecule has 0 fully saturated rings. The number of hydrogen-bond donors (Lipinski definition) is 2. The van der Waals surface area contributed by atoms with Crippen molar-refractivity contribution in [1.82, 2.24) is 15.2 Å². The van der Waals surface area contributed by atoms with Crippen molar-refractivity contribution < 1.29 is 0 Å². The predicted octanol–water partition coefficient (Wildman–Crippen LogP) is 3.93. The number of rotatable bonds is 9. The number of nitrogens with zero attached hydrogens (tertiary/aromatic N) is 1. The molecule has 1 aromatic rings. The van der Waals surface area contributed by atoms with Gasteiger partial charge in [0.1, 0.15) is 5.82 Å². The van der Waals surface area contributed by atoms with Crippen molar-refractivity contribution in [2.75, 3.05) is 0 Å². The molecule has 0 aliphatic heterocycles. The molecule has 0 unspecified atom stereocenters. The zero-order valence-electron chi connectivity index (χ0n) is 9.80. The highest BCUT2D eigenvalue weighted by Crippen LogP contribution is 2.08. The summed E-state index contributed by atoms with van der Waals surface area (Å²) < 4.78 is 0.555. The lowest BCUT2D eigenvalue weighted by Gasteiger charge is -1.99. The first-order chi connectivity index (χ1) is 7.83. The Hall–Kier alpha value is -0.900. The van der Waals surface area contributed by atoms with Crippen LogP contribution in [-0.2, 0) is 6.42 Å². The van der Waals surface area contributed by atoms with Crippen molar-refractivity contribution in [3.63, 3.8) is 0 Å². The molecule has 0 spiro atoms. The molecule has 1 rings (SSSR count). The van der Waals surface area contributed by atoms with E-state index in [1.807, 2.05) is 6.08 Å². The average Bonchev–Trinajstić information content (AvgIpc) is 2.68. The number of hydrogen-bond acceptors (Lipinski definition) is 2. The third-order valence-electron chi connectivity index (χ3n) is 2.62. The fourth-order valence-corrected chi connectivity index (χ4v) is 1.87. The number of unbranched alkanes of at least 4 members (excludes halogenated alkanes) is 6. The van der Waals surface area contributed by atoms with Crippen LogP contribution >= 0.6 is 12.2 Å². The number of H-pyrrole nitrogens is 2. The van der Waals surface area contributed by atoms with Gasteiger partial charge < -0.3 is 0 Å². The highest BCUT2D eigenvalue weighted by Gasteiger charge is 1.96. The normalized spacial score (nSPS) is 10.5. The molecule has 2 N–H and O–H groups in total. The summed E-state index contributed by atoms with van der Waals surface area (Å²) in [4.78, 5) is 4.16. The van der Waals surface area contributed by atoms with E-state index in [1.54, 1.807) is 0 Å². The first-order valence-electron chi connectivity index (χ1n) is 6.07. The van der Waals surface area contributed by atoms with Crippen molar-refractivity contribution in [2.45, 2.75) is 51.4 Å². The van der Waals surface area contributed by atoms with Crippen LogP contribution in [0.4, 0.5) is 0 Å². The largest absolute Gasteiger partial charge is 0.286 e. The monoisotopic (exact) mass is 239 g/mol. The van der Waals surface area contributed by atoms with Gasteiger partial charge in [-0.1, -0.05) is 31.8 Å². The molecule has 0 atom stereocenters. The maximum absolute atomic E-state index is 4.89. The maximum Gasteiger partial charge on any atom is 0.213 e. The molecule has 0 radical (unpaired) electrons. The van der Waals surface area contributed by atoms with Gasteiger partial charge >= 0.3 is 0 Å². The molecule has 3 nitrogen and oxygen atoms in total. The van der Waals surface area contributed by atoms with Gasteiger partial charge in [-0.2, -0.15) is 0 Å². The van der Waals surface area contributed by atoms with Gasteiger partial charge in [0, 0.05) is 6.42 Å². The minimum atomic E-state index is 0.555. The molecule has 0 amide bonds. The van der Waals surface area contributed by atoms with Gasteiger partial charge in [0.15, 0.2) is 0 Å². The topological polar surface area (TPSA) is 44.5 Å². The summed E-state index contributed by atoms with van der Waals surface area (Å²) in [5.74, 6) is 0.983. The van der Waals surface area contributed by atoms with Gasteiger partial charge in [-0.25, -0.2) is 4.98 Å². The first-order valence-corrected chi connectivity index (χ1v) is 6.48. The van der Waals surface area contributed by atoms with Crippen molar-refractivity contribution in [1.29, 1.82) is 0 Å². The Morgan fingerprint density at radius 2 is 1.75 bits per heavy atom. The molecule has 0 aliphatic carbocycles. The van der Waals surface area contributed by atoms with Crippen LogP contribution in [0.2, 0.25) is 0 Å². The molecule has 0 aromatic carbocycles. The third-order valence-corrected chi connectivity index (χ3v) is 2.82. The number of aryl methyl sites for hydroxylation is 1. The summed E-state index contributed by atoms with van der Waals surface area (Å²) in [5, 5.41) is 5.79. The predicted molar refractivity (Wildman–Crippen MR) is 70.0 cm³/mol. The lowest BCUT2D eigenvalue weighted by molar-refractivity contribution is 0.592. The van der Waals surface area contributed by atoms with E-state index in [-0.39, 0.29) is 0 Å². The fourth-order valence-electron chi connectivity index (χ4n) is 1.71. The van der Waals surface area contributed by atoms with Crippen molar-refractivity contribution in [2.24, 2.45) is 0 Å². The Labute approximate surface area is 102 Å². The van der Waals surface area contributed by atoms with Gasteiger partial charge in [-0.05, 0) is 31.5 Å².